The van der Waals surface area contributed by atoms with E-state index in [0.29, 0.717) is 17.9 Å². The van der Waals surface area contributed by atoms with Gasteiger partial charge in [-0.15, -0.1) is 0 Å². The van der Waals surface area contributed by atoms with Crippen LogP contribution in [0.2, 0.25) is 5.02 Å². The predicted octanol–water partition coefficient (Wildman–Crippen LogP) is 2.56. The summed E-state index contributed by atoms with van der Waals surface area (Å²) in [5.41, 5.74) is 0.794. The van der Waals surface area contributed by atoms with Crippen LogP contribution in [0, 0.1) is 5.92 Å². The highest BCUT2D eigenvalue weighted by Crippen LogP contribution is 2.24. The SMILES string of the molecule is C[C@@H](NC(=O)C1CCN(S(=O)(=O)c2ccccc2)CC1)C(=O)NCc1ccccc1Cl. The van der Waals surface area contributed by atoms with Gasteiger partial charge in [0.15, 0.2) is 0 Å². The van der Waals surface area contributed by atoms with E-state index in [1.165, 1.54) is 4.31 Å². The first-order chi connectivity index (χ1) is 14.8. The van der Waals surface area contributed by atoms with Crippen molar-refractivity contribution in [2.24, 2.45) is 5.92 Å². The van der Waals surface area contributed by atoms with Crippen molar-refractivity contribution in [2.45, 2.75) is 37.2 Å². The van der Waals surface area contributed by atoms with Crippen molar-refractivity contribution < 1.29 is 18.0 Å². The van der Waals surface area contributed by atoms with E-state index in [9.17, 15) is 18.0 Å². The van der Waals surface area contributed by atoms with E-state index in [2.05, 4.69) is 10.6 Å². The number of halogens is 1. The van der Waals surface area contributed by atoms with Crippen LogP contribution in [0.4, 0.5) is 0 Å². The van der Waals surface area contributed by atoms with Crippen molar-refractivity contribution in [3.8, 4) is 0 Å². The molecular formula is C22H26ClN3O4S. The first-order valence-electron chi connectivity index (χ1n) is 10.2. The van der Waals surface area contributed by atoms with Crippen LogP contribution < -0.4 is 10.6 Å². The van der Waals surface area contributed by atoms with Crippen LogP contribution in [-0.4, -0.2) is 43.7 Å². The Hall–Kier alpha value is -2.42. The zero-order chi connectivity index (χ0) is 22.4. The van der Waals surface area contributed by atoms with Gasteiger partial charge in [-0.3, -0.25) is 9.59 Å². The van der Waals surface area contributed by atoms with Gasteiger partial charge in [0.2, 0.25) is 21.8 Å². The Labute approximate surface area is 187 Å². The topological polar surface area (TPSA) is 95.6 Å². The lowest BCUT2D eigenvalue weighted by atomic mass is 9.97. The van der Waals surface area contributed by atoms with Crippen molar-refractivity contribution >= 4 is 33.4 Å². The molecule has 1 aliphatic heterocycles. The Kier molecular flexibility index (Phi) is 7.69. The van der Waals surface area contributed by atoms with Crippen molar-refractivity contribution in [1.82, 2.24) is 14.9 Å². The number of nitrogens with one attached hydrogen (secondary N) is 2. The molecule has 1 aliphatic rings. The molecule has 0 spiro atoms. The molecular weight excluding hydrogens is 438 g/mol. The minimum absolute atomic E-state index is 0.239. The van der Waals surface area contributed by atoms with Gasteiger partial charge < -0.3 is 10.6 Å². The monoisotopic (exact) mass is 463 g/mol. The van der Waals surface area contributed by atoms with Crippen LogP contribution in [0.3, 0.4) is 0 Å². The van der Waals surface area contributed by atoms with Gasteiger partial charge >= 0.3 is 0 Å². The molecule has 7 nitrogen and oxygen atoms in total. The number of carbonyl (C=O) groups is 2. The molecule has 0 aliphatic carbocycles. The molecule has 1 atom stereocenters. The maximum Gasteiger partial charge on any atom is 0.243 e. The molecule has 0 saturated carbocycles. The molecule has 1 fully saturated rings. The lowest BCUT2D eigenvalue weighted by molar-refractivity contribution is -0.131. The quantitative estimate of drug-likeness (QED) is 0.659. The fourth-order valence-electron chi connectivity index (χ4n) is 3.47. The number of amides is 2. The number of carbonyl (C=O) groups excluding carboxylic acids is 2. The Bertz CT molecular complexity index is 1020. The third kappa shape index (κ3) is 5.84. The van der Waals surface area contributed by atoms with Gasteiger partial charge in [0.25, 0.3) is 0 Å². The van der Waals surface area contributed by atoms with Gasteiger partial charge in [-0.05, 0) is 43.5 Å². The van der Waals surface area contributed by atoms with E-state index in [0.717, 1.165) is 5.56 Å². The second-order valence-electron chi connectivity index (χ2n) is 7.53. The normalized spacial score (nSPS) is 16.5. The molecule has 0 radical (unpaired) electrons. The smallest absolute Gasteiger partial charge is 0.243 e. The summed E-state index contributed by atoms with van der Waals surface area (Å²) in [7, 11) is -3.56. The number of rotatable bonds is 7. The molecule has 0 aromatic heterocycles. The van der Waals surface area contributed by atoms with Crippen LogP contribution in [0.5, 0.6) is 0 Å². The van der Waals surface area contributed by atoms with Crippen molar-refractivity contribution in [3.05, 3.63) is 65.2 Å². The Morgan fingerprint density at radius 3 is 2.32 bits per heavy atom. The van der Waals surface area contributed by atoms with Crippen molar-refractivity contribution in [3.63, 3.8) is 0 Å². The number of benzene rings is 2. The van der Waals surface area contributed by atoms with Gasteiger partial charge in [-0.1, -0.05) is 48.0 Å². The van der Waals surface area contributed by atoms with Gasteiger partial charge in [-0.2, -0.15) is 4.31 Å². The van der Waals surface area contributed by atoms with E-state index in [4.69, 9.17) is 11.6 Å². The molecule has 1 saturated heterocycles. The highest BCUT2D eigenvalue weighted by Gasteiger charge is 2.32. The van der Waals surface area contributed by atoms with E-state index in [1.54, 1.807) is 43.3 Å². The summed E-state index contributed by atoms with van der Waals surface area (Å²) >= 11 is 6.09. The minimum atomic E-state index is -3.56. The maximum atomic E-state index is 12.7. The average Bonchev–Trinajstić information content (AvgIpc) is 2.79. The van der Waals surface area contributed by atoms with Crippen LogP contribution in [-0.2, 0) is 26.2 Å². The third-order valence-electron chi connectivity index (χ3n) is 5.37. The number of nitrogens with zero attached hydrogens (tertiary/aromatic N) is 1. The predicted molar refractivity (Wildman–Crippen MR) is 119 cm³/mol. The second kappa shape index (κ2) is 10.3. The maximum absolute atomic E-state index is 12.7. The average molecular weight is 464 g/mol. The lowest BCUT2D eigenvalue weighted by Gasteiger charge is -2.31. The van der Waals surface area contributed by atoms with Crippen molar-refractivity contribution in [1.29, 1.82) is 0 Å². The van der Waals surface area contributed by atoms with Crippen LogP contribution in [0.25, 0.3) is 0 Å². The zero-order valence-electron chi connectivity index (χ0n) is 17.3. The number of piperidine rings is 1. The molecule has 166 valence electrons. The van der Waals surface area contributed by atoms with Gasteiger partial charge in [0.1, 0.15) is 6.04 Å². The highest BCUT2D eigenvalue weighted by atomic mass is 35.5. The lowest BCUT2D eigenvalue weighted by Crippen LogP contribution is -2.49. The number of sulfonamides is 1. The second-order valence-corrected chi connectivity index (χ2v) is 9.88. The third-order valence-corrected chi connectivity index (χ3v) is 7.65. The van der Waals surface area contributed by atoms with Crippen molar-refractivity contribution in [2.75, 3.05) is 13.1 Å². The van der Waals surface area contributed by atoms with E-state index >= 15 is 0 Å². The molecule has 31 heavy (non-hydrogen) atoms. The van der Waals surface area contributed by atoms with E-state index in [-0.39, 0.29) is 42.3 Å². The molecule has 0 unspecified atom stereocenters. The zero-order valence-corrected chi connectivity index (χ0v) is 18.8. The summed E-state index contributed by atoms with van der Waals surface area (Å²) in [5.74, 6) is -0.879. The summed E-state index contributed by atoms with van der Waals surface area (Å²) in [6.45, 7) is 2.42. The van der Waals surface area contributed by atoms with Crippen LogP contribution in [0.15, 0.2) is 59.5 Å². The number of hydrogen-bond donors (Lipinski definition) is 2. The van der Waals surface area contributed by atoms with E-state index < -0.39 is 16.1 Å². The molecule has 1 heterocycles. The summed E-state index contributed by atoms with van der Waals surface area (Å²) in [6.07, 6.45) is 0.817. The minimum Gasteiger partial charge on any atom is -0.350 e. The summed E-state index contributed by atoms with van der Waals surface area (Å²) in [5, 5.41) is 6.07. The molecule has 0 bridgehead atoms. The molecule has 2 aromatic rings. The largest absolute Gasteiger partial charge is 0.350 e. The molecule has 2 aromatic carbocycles. The van der Waals surface area contributed by atoms with Gasteiger partial charge in [0, 0.05) is 30.6 Å². The Morgan fingerprint density at radius 2 is 1.68 bits per heavy atom. The highest BCUT2D eigenvalue weighted by molar-refractivity contribution is 7.89. The summed E-state index contributed by atoms with van der Waals surface area (Å²) in [6, 6.07) is 14.8. The first kappa shape index (κ1) is 23.2. The number of hydrogen-bond acceptors (Lipinski definition) is 4. The van der Waals surface area contributed by atoms with Gasteiger partial charge in [0.05, 0.1) is 4.90 Å². The standard InChI is InChI=1S/C22H26ClN3O4S/c1-16(21(27)24-15-18-7-5-6-10-20(18)23)25-22(28)17-11-13-26(14-12-17)31(29,30)19-8-3-2-4-9-19/h2-10,16-17H,11-15H2,1H3,(H,24,27)(H,25,28)/t16-/m1/s1. The molecule has 9 heteroatoms. The first-order valence-corrected chi connectivity index (χ1v) is 12.0. The molecule has 2 N–H and O–H groups in total. The molecule has 2 amide bonds. The van der Waals surface area contributed by atoms with E-state index in [1.807, 2.05) is 18.2 Å². The Morgan fingerprint density at radius 1 is 1.06 bits per heavy atom. The fraction of sp³-hybridized carbons (Fsp3) is 0.364. The summed E-state index contributed by atoms with van der Waals surface area (Å²) < 4.78 is 26.8. The fourth-order valence-corrected chi connectivity index (χ4v) is 5.17. The van der Waals surface area contributed by atoms with Crippen LogP contribution >= 0.6 is 11.6 Å². The van der Waals surface area contributed by atoms with Crippen LogP contribution in [0.1, 0.15) is 25.3 Å². The summed E-state index contributed by atoms with van der Waals surface area (Å²) in [4.78, 5) is 25.2. The molecule has 3 rings (SSSR count). The Balaban J connectivity index is 1.48. The van der Waals surface area contributed by atoms with Gasteiger partial charge in [-0.25, -0.2) is 8.42 Å².